The molecule has 1 N–H and O–H groups in total. The second-order valence-electron chi connectivity index (χ2n) is 2.94. The summed E-state index contributed by atoms with van der Waals surface area (Å²) in [5.41, 5.74) is 1.06. The predicted octanol–water partition coefficient (Wildman–Crippen LogP) is 0.833. The molecule has 0 aliphatic rings. The Kier molecular flexibility index (Phi) is 3.28. The lowest BCUT2D eigenvalue weighted by atomic mass is 10.1. The molecule has 0 spiro atoms. The van der Waals surface area contributed by atoms with Crippen LogP contribution in [0.3, 0.4) is 0 Å². The molecule has 0 fully saturated rings. The van der Waals surface area contributed by atoms with Crippen LogP contribution in [0, 0.1) is 6.92 Å². The van der Waals surface area contributed by atoms with Gasteiger partial charge in [-0.3, -0.25) is 9.59 Å². The van der Waals surface area contributed by atoms with Gasteiger partial charge >= 0.3 is 5.97 Å². The zero-order valence-electron chi connectivity index (χ0n) is 7.73. The largest absolute Gasteiger partial charge is 0.481 e. The first-order valence-electron chi connectivity index (χ1n) is 4.14. The van der Waals surface area contributed by atoms with Crippen molar-refractivity contribution >= 4 is 11.8 Å². The van der Waals surface area contributed by atoms with Crippen LogP contribution in [-0.2, 0) is 4.79 Å². The molecule has 0 radical (unpaired) electrons. The van der Waals surface area contributed by atoms with Gasteiger partial charge in [0.25, 0.3) is 0 Å². The first-order valence-corrected chi connectivity index (χ1v) is 4.14. The topological polar surface area (TPSA) is 80.2 Å². The SMILES string of the molecule is Cc1cnnc(C(=O)CCC(=O)O)c1. The molecule has 0 saturated heterocycles. The molecule has 0 saturated carbocycles. The van der Waals surface area contributed by atoms with Crippen LogP contribution in [0.2, 0.25) is 0 Å². The molecule has 5 heteroatoms. The van der Waals surface area contributed by atoms with Gasteiger partial charge in [0.1, 0.15) is 5.69 Å². The van der Waals surface area contributed by atoms with E-state index in [1.807, 2.05) is 0 Å². The van der Waals surface area contributed by atoms with Crippen LogP contribution in [0.25, 0.3) is 0 Å². The van der Waals surface area contributed by atoms with E-state index in [4.69, 9.17) is 5.11 Å². The van der Waals surface area contributed by atoms with Gasteiger partial charge in [0, 0.05) is 6.42 Å². The summed E-state index contributed by atoms with van der Waals surface area (Å²) in [5.74, 6) is -1.28. The van der Waals surface area contributed by atoms with E-state index in [1.54, 1.807) is 13.0 Å². The molecule has 5 nitrogen and oxygen atoms in total. The van der Waals surface area contributed by atoms with E-state index in [-0.39, 0.29) is 24.3 Å². The minimum Gasteiger partial charge on any atom is -0.481 e. The number of ketones is 1. The van der Waals surface area contributed by atoms with Gasteiger partial charge in [-0.1, -0.05) is 0 Å². The zero-order valence-corrected chi connectivity index (χ0v) is 7.73. The number of aliphatic carboxylic acids is 1. The van der Waals surface area contributed by atoms with Crippen molar-refractivity contribution in [3.05, 3.63) is 23.5 Å². The normalized spacial score (nSPS) is 9.79. The Bertz CT molecular complexity index is 363. The van der Waals surface area contributed by atoms with Crippen LogP contribution >= 0.6 is 0 Å². The number of Topliss-reactive ketones (excluding diaryl/α,β-unsaturated/α-hetero) is 1. The van der Waals surface area contributed by atoms with Gasteiger partial charge in [0.15, 0.2) is 5.78 Å². The fraction of sp³-hybridized carbons (Fsp3) is 0.333. The molecular formula is C9H10N2O3. The van der Waals surface area contributed by atoms with Crippen LogP contribution in [-0.4, -0.2) is 27.1 Å². The molecule has 0 aliphatic heterocycles. The van der Waals surface area contributed by atoms with E-state index >= 15 is 0 Å². The van der Waals surface area contributed by atoms with Crippen molar-refractivity contribution in [1.29, 1.82) is 0 Å². The Hall–Kier alpha value is -1.78. The lowest BCUT2D eigenvalue weighted by molar-refractivity contribution is -0.136. The van der Waals surface area contributed by atoms with Crippen LogP contribution in [0.5, 0.6) is 0 Å². The van der Waals surface area contributed by atoms with Gasteiger partial charge in [-0.25, -0.2) is 0 Å². The second kappa shape index (κ2) is 4.45. The van der Waals surface area contributed by atoms with Gasteiger partial charge in [-0.2, -0.15) is 5.10 Å². The number of carboxylic acids is 1. The van der Waals surface area contributed by atoms with Crippen LogP contribution in [0.4, 0.5) is 0 Å². The maximum Gasteiger partial charge on any atom is 0.303 e. The smallest absolute Gasteiger partial charge is 0.303 e. The van der Waals surface area contributed by atoms with Crippen molar-refractivity contribution in [2.75, 3.05) is 0 Å². The predicted molar refractivity (Wildman–Crippen MR) is 48.0 cm³/mol. The van der Waals surface area contributed by atoms with Gasteiger partial charge in [-0.15, -0.1) is 5.10 Å². The van der Waals surface area contributed by atoms with Crippen LogP contribution in [0.15, 0.2) is 12.3 Å². The Labute approximate surface area is 80.8 Å². The summed E-state index contributed by atoms with van der Waals surface area (Å²) in [5, 5.41) is 15.6. The monoisotopic (exact) mass is 194 g/mol. The summed E-state index contributed by atoms with van der Waals surface area (Å²) in [4.78, 5) is 21.5. The quantitative estimate of drug-likeness (QED) is 0.718. The van der Waals surface area contributed by atoms with Gasteiger partial charge < -0.3 is 5.11 Å². The molecule has 74 valence electrons. The number of carbonyl (C=O) groups excluding carboxylic acids is 1. The summed E-state index contributed by atoms with van der Waals surface area (Å²) >= 11 is 0. The van der Waals surface area contributed by atoms with E-state index < -0.39 is 5.97 Å². The van der Waals surface area contributed by atoms with Crippen molar-refractivity contribution in [2.24, 2.45) is 0 Å². The average Bonchev–Trinajstić information content (AvgIpc) is 2.14. The van der Waals surface area contributed by atoms with Gasteiger partial charge in [-0.05, 0) is 18.6 Å². The molecule has 1 aromatic rings. The van der Waals surface area contributed by atoms with E-state index in [9.17, 15) is 9.59 Å². The third kappa shape index (κ3) is 2.93. The molecule has 0 aromatic carbocycles. The van der Waals surface area contributed by atoms with Crippen molar-refractivity contribution in [3.63, 3.8) is 0 Å². The van der Waals surface area contributed by atoms with Gasteiger partial charge in [0.2, 0.25) is 0 Å². The number of carbonyl (C=O) groups is 2. The Morgan fingerprint density at radius 2 is 2.14 bits per heavy atom. The van der Waals surface area contributed by atoms with Gasteiger partial charge in [0.05, 0.1) is 12.6 Å². The lowest BCUT2D eigenvalue weighted by Crippen LogP contribution is -2.06. The summed E-state index contributed by atoms with van der Waals surface area (Å²) in [7, 11) is 0. The maximum absolute atomic E-state index is 11.3. The number of aryl methyl sites for hydroxylation is 1. The van der Waals surface area contributed by atoms with Crippen molar-refractivity contribution in [2.45, 2.75) is 19.8 Å². The van der Waals surface area contributed by atoms with E-state index in [0.717, 1.165) is 5.56 Å². The minimum absolute atomic E-state index is 0.0343. The highest BCUT2D eigenvalue weighted by Gasteiger charge is 2.10. The third-order valence-corrected chi connectivity index (χ3v) is 1.64. The zero-order chi connectivity index (χ0) is 10.6. The molecule has 0 amide bonds. The highest BCUT2D eigenvalue weighted by molar-refractivity contribution is 5.95. The van der Waals surface area contributed by atoms with Crippen molar-refractivity contribution in [3.8, 4) is 0 Å². The summed E-state index contributed by atoms with van der Waals surface area (Å²) in [6, 6.07) is 1.59. The van der Waals surface area contributed by atoms with E-state index in [2.05, 4.69) is 10.2 Å². The average molecular weight is 194 g/mol. The number of hydrogen-bond donors (Lipinski definition) is 1. The molecule has 0 unspecified atom stereocenters. The minimum atomic E-state index is -0.987. The van der Waals surface area contributed by atoms with Crippen LogP contribution < -0.4 is 0 Å². The lowest BCUT2D eigenvalue weighted by Gasteiger charge is -1.97. The summed E-state index contributed by atoms with van der Waals surface area (Å²) < 4.78 is 0. The Balaban J connectivity index is 2.65. The number of aromatic nitrogens is 2. The third-order valence-electron chi connectivity index (χ3n) is 1.64. The molecule has 1 rings (SSSR count). The first kappa shape index (κ1) is 10.3. The highest BCUT2D eigenvalue weighted by Crippen LogP contribution is 2.03. The number of nitrogens with zero attached hydrogens (tertiary/aromatic N) is 2. The van der Waals surface area contributed by atoms with E-state index in [0.29, 0.717) is 0 Å². The number of hydrogen-bond acceptors (Lipinski definition) is 4. The molecule has 0 atom stereocenters. The maximum atomic E-state index is 11.3. The number of carboxylic acid groups (broad SMARTS) is 1. The number of rotatable bonds is 4. The molecule has 14 heavy (non-hydrogen) atoms. The molecule has 1 aromatic heterocycles. The fourth-order valence-corrected chi connectivity index (χ4v) is 0.949. The highest BCUT2D eigenvalue weighted by atomic mass is 16.4. The first-order chi connectivity index (χ1) is 6.59. The summed E-state index contributed by atoms with van der Waals surface area (Å²) in [6.07, 6.45) is 1.33. The molecule has 0 bridgehead atoms. The summed E-state index contributed by atoms with van der Waals surface area (Å²) in [6.45, 7) is 1.79. The Morgan fingerprint density at radius 3 is 2.71 bits per heavy atom. The van der Waals surface area contributed by atoms with Crippen molar-refractivity contribution < 1.29 is 14.7 Å². The Morgan fingerprint density at radius 1 is 1.43 bits per heavy atom. The van der Waals surface area contributed by atoms with E-state index in [1.165, 1.54) is 6.20 Å². The van der Waals surface area contributed by atoms with Crippen LogP contribution in [0.1, 0.15) is 28.9 Å². The second-order valence-corrected chi connectivity index (χ2v) is 2.94. The van der Waals surface area contributed by atoms with Crippen molar-refractivity contribution in [1.82, 2.24) is 10.2 Å². The molecule has 0 aliphatic carbocycles. The fourth-order valence-electron chi connectivity index (χ4n) is 0.949. The molecule has 1 heterocycles. The molecular weight excluding hydrogens is 184 g/mol. The standard InChI is InChI=1S/C9H10N2O3/c1-6-4-7(11-10-5-6)8(12)2-3-9(13)14/h4-5H,2-3H2,1H3,(H,13,14).